The number of hydrogen-bond donors (Lipinski definition) is 20. The molecule has 0 spiro atoms. The van der Waals surface area contributed by atoms with Crippen LogP contribution in [0.15, 0.2) is 136 Å². The van der Waals surface area contributed by atoms with E-state index in [1.807, 2.05) is 97.0 Å². The van der Waals surface area contributed by atoms with Gasteiger partial charge in [-0.1, -0.05) is 42.5 Å². The van der Waals surface area contributed by atoms with Crippen LogP contribution in [-0.2, 0) is 83.8 Å². The number of nitro groups is 2. The summed E-state index contributed by atoms with van der Waals surface area (Å²) in [7, 11) is -7.63. The molecule has 800 valence electrons. The van der Waals surface area contributed by atoms with Crippen LogP contribution in [0, 0.1) is 90.0 Å². The molecule has 8 amide bonds. The van der Waals surface area contributed by atoms with E-state index in [1.54, 1.807) is 68.4 Å². The number of aryl methyl sites for hydroxylation is 5. The molecule has 11 aliphatic rings. The topological polar surface area (TPSA) is 754 Å². The Balaban J connectivity index is 0.000000287. The number of benzene rings is 9. The van der Waals surface area contributed by atoms with Crippen LogP contribution in [0.4, 0.5) is 95.4 Å². The normalized spacial score (nSPS) is 14.3. The number of halogens is 3. The fraction of sp³-hybridized carbons (Fsp3) is 0.272. The summed E-state index contributed by atoms with van der Waals surface area (Å²) in [4.78, 5) is 129. The van der Waals surface area contributed by atoms with Gasteiger partial charge >= 0.3 is 25.9 Å². The second-order valence-corrected chi connectivity index (χ2v) is 34.4. The zero-order valence-corrected chi connectivity index (χ0v) is 85.8. The van der Waals surface area contributed by atoms with Crippen molar-refractivity contribution in [3.63, 3.8) is 0 Å². The molecule has 0 saturated heterocycles. The molecule has 0 bridgehead atoms. The smallest absolute Gasteiger partial charge is 0.327 e. The van der Waals surface area contributed by atoms with Crippen molar-refractivity contribution in [2.75, 3.05) is 182 Å². The van der Waals surface area contributed by atoms with Crippen LogP contribution in [0.1, 0.15) is 51.5 Å². The number of aromatic hydroxyl groups is 1. The number of carbonyl (C=O) groups is 9. The number of rotatable bonds is 4. The number of fused-ring (bicyclic) bond motifs is 8. The van der Waals surface area contributed by atoms with Crippen molar-refractivity contribution in [2.45, 2.75) is 62.3 Å². The second kappa shape index (κ2) is 56.2. The summed E-state index contributed by atoms with van der Waals surface area (Å²) in [6.45, 7) is 20.2. The minimum atomic E-state index is -4.06. The number of guanidine groups is 1. The summed E-state index contributed by atoms with van der Waals surface area (Å²) in [5.74, 6) is 4.08. The molecule has 0 aromatic heterocycles. The number of amidine groups is 2. The summed E-state index contributed by atoms with van der Waals surface area (Å²) in [6, 6.07) is 34.8. The Bertz CT molecular complexity index is 6600. The first-order chi connectivity index (χ1) is 69.1. The van der Waals surface area contributed by atoms with Gasteiger partial charge in [-0.15, -0.1) is 11.6 Å². The molecule has 11 aliphatic heterocycles. The van der Waals surface area contributed by atoms with Crippen LogP contribution >= 0.6 is 23.2 Å². The Hall–Kier alpha value is -16.4. The average Bonchev–Trinajstić information content (AvgIpc) is 1.65. The number of phenolic OH excluding ortho intramolecular Hbond substituents is 1. The van der Waals surface area contributed by atoms with Crippen LogP contribution in [-0.4, -0.2) is 215 Å². The summed E-state index contributed by atoms with van der Waals surface area (Å²) < 4.78 is 108. The molecule has 0 atom stereocenters. The van der Waals surface area contributed by atoms with Crippen molar-refractivity contribution in [1.82, 2.24) is 16.0 Å². The van der Waals surface area contributed by atoms with Gasteiger partial charge in [-0.05, 0) is 185 Å². The zero-order valence-electron chi connectivity index (χ0n) is 81.1. The van der Waals surface area contributed by atoms with Gasteiger partial charge < -0.3 is 143 Å². The Morgan fingerprint density at radius 2 is 0.703 bits per heavy atom. The molecule has 0 fully saturated rings. The fourth-order valence-electron chi connectivity index (χ4n) is 13.2. The molecular weight excluding hydrogens is 2120 g/mol. The average molecular weight is 2230 g/mol. The van der Waals surface area contributed by atoms with E-state index in [0.29, 0.717) is 136 Å². The van der Waals surface area contributed by atoms with E-state index < -0.39 is 35.3 Å². The number of para-hydroxylation sites is 2. The minimum Gasteiger partial charge on any atom is -0.506 e. The van der Waals surface area contributed by atoms with Gasteiger partial charge in [-0.25, -0.2) is 0 Å². The minimum absolute atomic E-state index is 0. The summed E-state index contributed by atoms with van der Waals surface area (Å²) in [5.41, 5.74) is 44.5. The fourth-order valence-corrected chi connectivity index (χ4v) is 14.2. The largest absolute Gasteiger partial charge is 0.506 e. The molecule has 0 unspecified atom stereocenters. The van der Waals surface area contributed by atoms with Crippen molar-refractivity contribution in [3.8, 4) is 51.7 Å². The molecule has 20 rings (SSSR count). The third-order valence-electron chi connectivity index (χ3n) is 20.6. The number of alkyl halides is 2. The van der Waals surface area contributed by atoms with E-state index in [2.05, 4.69) is 78.8 Å². The van der Waals surface area contributed by atoms with Crippen molar-refractivity contribution in [3.05, 3.63) is 199 Å². The van der Waals surface area contributed by atoms with E-state index in [-0.39, 0.29) is 168 Å². The van der Waals surface area contributed by atoms with Crippen LogP contribution in [0.2, 0.25) is 0 Å². The Morgan fingerprint density at radius 3 is 1.05 bits per heavy atom. The van der Waals surface area contributed by atoms with Crippen LogP contribution in [0.3, 0.4) is 0 Å². The molecular formula is C92H110Cl2FN22O28PdS2-. The molecule has 0 aliphatic carbocycles. The molecule has 9 aromatic carbocycles. The first kappa shape index (κ1) is 120. The van der Waals surface area contributed by atoms with E-state index in [0.717, 1.165) is 86.4 Å². The molecule has 9 aromatic rings. The number of hydrogen-bond acceptors (Lipinski definition) is 38. The number of anilines is 14. The van der Waals surface area contributed by atoms with E-state index in [9.17, 15) is 84.6 Å². The second-order valence-electron chi connectivity index (χ2n) is 31.1. The van der Waals surface area contributed by atoms with Crippen molar-refractivity contribution in [1.29, 1.82) is 0 Å². The maximum atomic E-state index is 11.3. The zero-order chi connectivity index (χ0) is 108. The van der Waals surface area contributed by atoms with Crippen LogP contribution in [0.5, 0.6) is 51.7 Å². The Kier molecular flexibility index (Phi) is 45.7. The van der Waals surface area contributed by atoms with Gasteiger partial charge in [0.15, 0.2) is 70.3 Å². The molecule has 11 heterocycles. The molecule has 56 heteroatoms. The maximum Gasteiger partial charge on any atom is 0.327 e. The molecule has 50 nitrogen and oxygen atoms in total. The third kappa shape index (κ3) is 34.4. The quantitative estimate of drug-likeness (QED) is 0.00897. The maximum absolute atomic E-state index is 11.3. The third-order valence-corrected chi connectivity index (χ3v) is 22.6. The number of phenols is 1. The Labute approximate surface area is 872 Å². The number of nitrogen functional groups attached to an aromatic ring is 5. The number of nitrogens with two attached hydrogens (primary N) is 5. The predicted molar refractivity (Wildman–Crippen MR) is 555 cm³/mol. The number of nitrogens with zero attached hydrogens (tertiary/aromatic N) is 5. The number of nitro benzene ring substituents is 2. The molecule has 25 N–H and O–H groups in total. The van der Waals surface area contributed by atoms with Gasteiger partial charge in [0.25, 0.3) is 52.9 Å². The standard InChI is InChI=1S/C12H14N4O2.2C9H8N2O4.4C9H10N2O2.C9H9NO2.C7H9NO.2C3H6N2O3S.C2H2Cl2O.CH3F.CH3.Pd.H2/c1-7-8(15-12-13-4-5-14-12)2-3-9-11(7)16-10(17)6-18-9;1-5-6(11(13)14)2-3-7-9(5)10-8(12)4-15-7;1-5-2-3-6(11(13)14)9-8(5)10-7(12)4-15-9;2*1-5-6(10)2-3-7-9(5)11-8(12)4-13-7;2*1-5-2-3-6(10)9-8(5)11-7(12)4-13-9;1-6-3-2-4-7-9(6)10-8(11)5-12-7;1-5-3-2-4-6(9)7(5)8;2*6-9(7,8)3-4-1-2-5-3;3-1-2(4)5;1-2;;;/h2-3H,4-6H2,1H3,(H,16,17)(H2,13,14,15);2*2-3H,4H2,1H3,(H,10,12);4*2-3H,4,10H2,1H3,(H,11,12);2-4H,5H2,1H3,(H,10,11);2-4,9H,8H2,1H3;2*1-2H2,(H,4,5)(H,6,7,8);1H2;1H3;1H3;;1H/q;;;;;;;;;;;;;-1;;/i;;;;;;;;;;;;;;;1+2. The van der Waals surface area contributed by atoms with E-state index in [4.69, 9.17) is 104 Å². The van der Waals surface area contributed by atoms with Crippen molar-refractivity contribution in [2.24, 2.45) is 15.0 Å². The summed E-state index contributed by atoms with van der Waals surface area (Å²) in [6.07, 6.45) is 0. The SMILES string of the molecule is CF.Cc1c(N)ccc2c1NC(=O)CO2.Cc1c(N)ccc2c1NC(=O)CO2.Cc1c(NC2=NCCN2)ccc2c1NC(=O)CO2.Cc1c([N+](=O)[O-])ccc2c1NC(=O)CO2.Cc1ccc(N)c2c1NC(=O)CO2.Cc1ccc(N)c2c1NC(=O)CO2.Cc1ccc([N+](=O)[O-])c2c1NC(=O)CO2.Cc1cccc(O)c1N.Cc1cccc2c1NC(=O)CO2.O=C(Cl)CCl.O=S(=O)(O)C1=NCCN1.O=S(=O)(O)C1=NCCN1.[3HH].[CH3-].[Pd]. The Morgan fingerprint density at radius 1 is 0.405 bits per heavy atom. The summed E-state index contributed by atoms with van der Waals surface area (Å²) >= 11 is 9.55. The van der Waals surface area contributed by atoms with E-state index >= 15 is 0 Å². The summed E-state index contributed by atoms with van der Waals surface area (Å²) in [5, 5.41) is 61.9. The van der Waals surface area contributed by atoms with Crippen LogP contribution in [0.25, 0.3) is 0 Å². The molecule has 0 saturated carbocycles. The van der Waals surface area contributed by atoms with Gasteiger partial charge in [0.1, 0.15) is 34.5 Å². The van der Waals surface area contributed by atoms with Crippen LogP contribution < -0.4 is 130 Å². The van der Waals surface area contributed by atoms with Gasteiger partial charge in [-0.3, -0.25) is 91.9 Å². The van der Waals surface area contributed by atoms with Gasteiger partial charge in [-0.2, -0.15) is 16.8 Å². The number of amides is 8. The monoisotopic (exact) mass is 2230 g/mol. The number of aliphatic imine (C=N–C) groups is 3. The molecule has 0 radical (unpaired) electrons. The number of nitrogens with one attached hydrogen (secondary N) is 12. The molecule has 148 heavy (non-hydrogen) atoms. The predicted octanol–water partition coefficient (Wildman–Crippen LogP) is 9.34. The number of carbonyl (C=O) groups excluding carboxylic acids is 9. The first-order valence-electron chi connectivity index (χ1n) is 43.1. The van der Waals surface area contributed by atoms with E-state index in [1.165, 1.54) is 18.2 Å². The number of ether oxygens (including phenoxy) is 8. The van der Waals surface area contributed by atoms with Gasteiger partial charge in [0.2, 0.25) is 21.3 Å². The van der Waals surface area contributed by atoms with Crippen molar-refractivity contribution >= 4 is 203 Å². The van der Waals surface area contributed by atoms with Crippen molar-refractivity contribution < 1.29 is 148 Å². The van der Waals surface area contributed by atoms with Gasteiger partial charge in [0, 0.05) is 70.7 Å². The first-order valence-corrected chi connectivity index (χ1v) is 46.9. The van der Waals surface area contributed by atoms with Gasteiger partial charge in [0.05, 0.1) is 111 Å².